The van der Waals surface area contributed by atoms with Crippen molar-refractivity contribution in [1.29, 1.82) is 0 Å². The van der Waals surface area contributed by atoms with Gasteiger partial charge in [-0.2, -0.15) is 0 Å². The van der Waals surface area contributed by atoms with Crippen LogP contribution in [-0.4, -0.2) is 33.4 Å². The molecule has 0 radical (unpaired) electrons. The van der Waals surface area contributed by atoms with Gasteiger partial charge in [-0.3, -0.25) is 9.69 Å². The first-order chi connectivity index (χ1) is 13.1. The van der Waals surface area contributed by atoms with E-state index < -0.39 is 6.04 Å². The number of aromatic nitrogens is 2. The number of carbonyl (C=O) groups excluding carboxylic acids is 2. The molecule has 0 spiro atoms. The number of benzene rings is 2. The zero-order valence-corrected chi connectivity index (χ0v) is 15.0. The molecule has 6 heteroatoms. The van der Waals surface area contributed by atoms with Crippen molar-refractivity contribution >= 4 is 11.9 Å². The number of hydrogen-bond donors (Lipinski definition) is 2. The van der Waals surface area contributed by atoms with E-state index in [2.05, 4.69) is 15.3 Å². The number of imide groups is 1. The lowest BCUT2D eigenvalue weighted by Gasteiger charge is -2.23. The molecule has 3 aromatic rings. The lowest BCUT2D eigenvalue weighted by molar-refractivity contribution is -0.126. The summed E-state index contributed by atoms with van der Waals surface area (Å²) in [6.45, 7) is 2.06. The van der Waals surface area contributed by atoms with Crippen molar-refractivity contribution in [1.82, 2.24) is 20.2 Å². The Morgan fingerprint density at radius 2 is 1.81 bits per heavy atom. The number of imidazole rings is 1. The molecule has 1 aromatic heterocycles. The molecule has 3 amide bonds. The average molecular weight is 360 g/mol. The highest BCUT2D eigenvalue weighted by atomic mass is 16.2. The third-order valence-corrected chi connectivity index (χ3v) is 4.74. The summed E-state index contributed by atoms with van der Waals surface area (Å²) < 4.78 is 0. The minimum absolute atomic E-state index is 0.0235. The minimum atomic E-state index is -0.485. The third-order valence-electron chi connectivity index (χ3n) is 4.74. The fraction of sp³-hybridized carbons (Fsp3) is 0.190. The topological polar surface area (TPSA) is 78.1 Å². The predicted octanol–water partition coefficient (Wildman–Crippen LogP) is 3.22. The quantitative estimate of drug-likeness (QED) is 0.686. The Balaban J connectivity index is 1.69. The molecule has 0 bridgehead atoms. The molecular weight excluding hydrogens is 340 g/mol. The van der Waals surface area contributed by atoms with Crippen LogP contribution in [-0.2, 0) is 11.2 Å². The molecule has 1 saturated heterocycles. The van der Waals surface area contributed by atoms with Crippen LogP contribution in [0.5, 0.6) is 0 Å². The highest BCUT2D eigenvalue weighted by Crippen LogP contribution is 2.27. The molecule has 6 nitrogen and oxygen atoms in total. The Morgan fingerprint density at radius 3 is 2.48 bits per heavy atom. The van der Waals surface area contributed by atoms with Gasteiger partial charge in [-0.15, -0.1) is 0 Å². The van der Waals surface area contributed by atoms with Gasteiger partial charge in [0, 0.05) is 6.42 Å². The number of nitrogens with one attached hydrogen (secondary N) is 2. The van der Waals surface area contributed by atoms with Crippen LogP contribution >= 0.6 is 0 Å². The van der Waals surface area contributed by atoms with Crippen LogP contribution in [0, 0.1) is 6.92 Å². The van der Waals surface area contributed by atoms with E-state index in [1.807, 2.05) is 61.5 Å². The van der Waals surface area contributed by atoms with Crippen molar-refractivity contribution in [2.24, 2.45) is 0 Å². The van der Waals surface area contributed by atoms with Gasteiger partial charge in [0.15, 0.2) is 0 Å². The Labute approximate surface area is 157 Å². The number of urea groups is 1. The predicted molar refractivity (Wildman–Crippen MR) is 102 cm³/mol. The normalized spacial score (nSPS) is 15.1. The van der Waals surface area contributed by atoms with Crippen LogP contribution in [0.1, 0.15) is 23.0 Å². The first kappa shape index (κ1) is 17.0. The van der Waals surface area contributed by atoms with Crippen LogP contribution in [0.3, 0.4) is 0 Å². The molecule has 2 aromatic carbocycles. The van der Waals surface area contributed by atoms with Gasteiger partial charge in [0.05, 0.1) is 18.4 Å². The Hall–Kier alpha value is -3.41. The fourth-order valence-electron chi connectivity index (χ4n) is 3.28. The number of hydrogen-bond acceptors (Lipinski definition) is 3. The van der Waals surface area contributed by atoms with Gasteiger partial charge < -0.3 is 10.3 Å². The Bertz CT molecular complexity index is 947. The molecular formula is C21H20N4O2. The number of H-pyrrole nitrogens is 1. The summed E-state index contributed by atoms with van der Waals surface area (Å²) in [5.41, 5.74) is 4.08. The molecule has 1 aliphatic heterocycles. The van der Waals surface area contributed by atoms with Crippen molar-refractivity contribution in [3.63, 3.8) is 0 Å². The number of nitrogens with zero attached hydrogens (tertiary/aromatic N) is 2. The number of carbonyl (C=O) groups is 2. The molecule has 2 N–H and O–H groups in total. The summed E-state index contributed by atoms with van der Waals surface area (Å²) in [6, 6.07) is 17.0. The number of rotatable bonds is 5. The van der Waals surface area contributed by atoms with E-state index in [4.69, 9.17) is 0 Å². The second-order valence-electron chi connectivity index (χ2n) is 6.68. The Morgan fingerprint density at radius 1 is 1.07 bits per heavy atom. The van der Waals surface area contributed by atoms with Crippen molar-refractivity contribution < 1.29 is 9.59 Å². The van der Waals surface area contributed by atoms with Crippen LogP contribution in [0.4, 0.5) is 4.79 Å². The highest BCUT2D eigenvalue weighted by molar-refractivity contribution is 6.02. The van der Waals surface area contributed by atoms with Crippen LogP contribution in [0.2, 0.25) is 0 Å². The van der Waals surface area contributed by atoms with E-state index in [1.54, 1.807) is 6.20 Å². The van der Waals surface area contributed by atoms with E-state index in [0.29, 0.717) is 12.2 Å². The zero-order chi connectivity index (χ0) is 18.8. The maximum absolute atomic E-state index is 12.3. The SMILES string of the molecule is Cc1ccc(-c2cnc(C(Cc3ccccc3)N3C(=O)CNC3=O)[nH]2)cc1. The molecule has 1 atom stereocenters. The van der Waals surface area contributed by atoms with E-state index >= 15 is 0 Å². The summed E-state index contributed by atoms with van der Waals surface area (Å²) in [7, 11) is 0. The standard InChI is InChI=1S/C21H20N4O2/c1-14-7-9-16(10-8-14)17-12-22-20(24-17)18(11-15-5-3-2-4-6-15)25-19(26)13-23-21(25)27/h2-10,12,18H,11,13H2,1H3,(H,22,24)(H,23,27). The molecule has 1 aliphatic rings. The fourth-order valence-corrected chi connectivity index (χ4v) is 3.28. The van der Waals surface area contributed by atoms with Crippen molar-refractivity contribution in [3.05, 3.63) is 77.7 Å². The summed E-state index contributed by atoms with van der Waals surface area (Å²) in [5.74, 6) is 0.356. The van der Waals surface area contributed by atoms with Gasteiger partial charge in [0.1, 0.15) is 11.9 Å². The largest absolute Gasteiger partial charge is 0.340 e. The van der Waals surface area contributed by atoms with Gasteiger partial charge in [0.25, 0.3) is 5.91 Å². The third kappa shape index (κ3) is 3.46. The first-order valence-electron chi connectivity index (χ1n) is 8.87. The van der Waals surface area contributed by atoms with E-state index in [0.717, 1.165) is 16.8 Å². The second-order valence-corrected chi connectivity index (χ2v) is 6.68. The van der Waals surface area contributed by atoms with E-state index in [-0.39, 0.29) is 18.5 Å². The van der Waals surface area contributed by atoms with Gasteiger partial charge in [-0.25, -0.2) is 9.78 Å². The molecule has 2 heterocycles. The molecule has 0 saturated carbocycles. The molecule has 136 valence electrons. The van der Waals surface area contributed by atoms with Crippen LogP contribution < -0.4 is 5.32 Å². The molecule has 4 rings (SSSR count). The average Bonchev–Trinajstić information content (AvgIpc) is 3.29. The maximum atomic E-state index is 12.3. The van der Waals surface area contributed by atoms with E-state index in [9.17, 15) is 9.59 Å². The van der Waals surface area contributed by atoms with Crippen molar-refractivity contribution in [2.45, 2.75) is 19.4 Å². The molecule has 27 heavy (non-hydrogen) atoms. The summed E-state index contributed by atoms with van der Waals surface area (Å²) in [5, 5.41) is 2.60. The first-order valence-corrected chi connectivity index (χ1v) is 8.87. The van der Waals surface area contributed by atoms with Crippen molar-refractivity contribution in [3.8, 4) is 11.3 Å². The summed E-state index contributed by atoms with van der Waals surface area (Å²) in [6.07, 6.45) is 2.25. The molecule has 1 fully saturated rings. The Kier molecular flexibility index (Phi) is 4.46. The van der Waals surface area contributed by atoms with Crippen LogP contribution in [0.25, 0.3) is 11.3 Å². The zero-order valence-electron chi connectivity index (χ0n) is 15.0. The number of aromatic amines is 1. The van der Waals surface area contributed by atoms with Gasteiger partial charge in [-0.05, 0) is 18.1 Å². The smallest absolute Gasteiger partial charge is 0.325 e. The van der Waals surface area contributed by atoms with Crippen LogP contribution in [0.15, 0.2) is 60.8 Å². The lowest BCUT2D eigenvalue weighted by Crippen LogP contribution is -2.36. The van der Waals surface area contributed by atoms with Crippen molar-refractivity contribution in [2.75, 3.05) is 6.54 Å². The monoisotopic (exact) mass is 360 g/mol. The highest BCUT2D eigenvalue weighted by Gasteiger charge is 2.37. The number of aryl methyl sites for hydroxylation is 1. The van der Waals surface area contributed by atoms with Gasteiger partial charge in [0.2, 0.25) is 0 Å². The maximum Gasteiger partial charge on any atom is 0.325 e. The lowest BCUT2D eigenvalue weighted by atomic mass is 10.0. The molecule has 0 aliphatic carbocycles. The summed E-state index contributed by atoms with van der Waals surface area (Å²) >= 11 is 0. The van der Waals surface area contributed by atoms with E-state index in [1.165, 1.54) is 10.5 Å². The summed E-state index contributed by atoms with van der Waals surface area (Å²) in [4.78, 5) is 33.6. The molecule has 1 unspecified atom stereocenters. The van der Waals surface area contributed by atoms with Gasteiger partial charge >= 0.3 is 6.03 Å². The second kappa shape index (κ2) is 7.07. The number of amides is 3. The minimum Gasteiger partial charge on any atom is -0.340 e. The van der Waals surface area contributed by atoms with Gasteiger partial charge in [-0.1, -0.05) is 60.2 Å².